The number of aromatic hydroxyl groups is 1. The number of phenols is 1. The Bertz CT molecular complexity index is 1230. The molecule has 186 valence electrons. The number of hydrogen-bond donors (Lipinski definition) is 5. The van der Waals surface area contributed by atoms with Crippen molar-refractivity contribution < 1.29 is 43.6 Å². The fourth-order valence-electron chi connectivity index (χ4n) is 6.14. The molecule has 4 atom stereocenters. The van der Waals surface area contributed by atoms with Gasteiger partial charge in [0.05, 0.1) is 11.6 Å². The summed E-state index contributed by atoms with van der Waals surface area (Å²) >= 11 is 0. The van der Waals surface area contributed by atoms with Gasteiger partial charge < -0.3 is 26.2 Å². The summed E-state index contributed by atoms with van der Waals surface area (Å²) in [5.74, 6) is -10.4. The SMILES string of the molecule is NC(=O)C1=C(O)[C@@]2(O)C(=O)C3=C(O)c4c(O)cccc4C[C@H]3C[C@H]2[C@@H](N2CCC(F)(F)CC2)C1=O. The summed E-state index contributed by atoms with van der Waals surface area (Å²) in [6.45, 7) is -0.460. The van der Waals surface area contributed by atoms with Crippen LogP contribution in [0.15, 0.2) is 35.1 Å². The minimum absolute atomic E-state index is 0.0226. The topological polar surface area (TPSA) is 161 Å². The second-order valence-corrected chi connectivity index (χ2v) is 9.70. The molecule has 0 spiro atoms. The zero-order valence-corrected chi connectivity index (χ0v) is 18.5. The molecule has 1 aromatic rings. The number of amides is 1. The molecule has 1 amide bonds. The van der Waals surface area contributed by atoms with Crippen LogP contribution in [0.25, 0.3) is 5.76 Å². The van der Waals surface area contributed by atoms with Crippen LogP contribution < -0.4 is 5.73 Å². The van der Waals surface area contributed by atoms with Gasteiger partial charge in [0.1, 0.15) is 22.8 Å². The third kappa shape index (κ3) is 3.21. The molecule has 1 aliphatic heterocycles. The molecule has 11 heteroatoms. The lowest BCUT2D eigenvalue weighted by molar-refractivity contribution is -0.158. The highest BCUT2D eigenvalue weighted by Gasteiger charge is 2.64. The standard InChI is InChI=1S/C24H24F2N2O7/c25-23(26)4-6-28(7-5-23)17-12-9-11-8-10-2-1-3-13(29)14(10)18(30)15(11)20(32)24(12,35)21(33)16(19(17)31)22(27)34/h1-3,11-12,17,29-30,33,35H,4-9H2,(H2,27,34)/t11-,12-,17+,24-/m0/s1. The second-order valence-electron chi connectivity index (χ2n) is 9.70. The van der Waals surface area contributed by atoms with Crippen molar-refractivity contribution in [2.24, 2.45) is 17.6 Å². The molecule has 0 bridgehead atoms. The summed E-state index contributed by atoms with van der Waals surface area (Å²) in [5, 5.41) is 43.7. The number of fused-ring (bicyclic) bond motifs is 3. The average Bonchev–Trinajstić information content (AvgIpc) is 2.77. The number of ketones is 2. The fraction of sp³-hybridized carbons (Fsp3) is 0.458. The number of benzene rings is 1. The maximum absolute atomic E-state index is 13.8. The van der Waals surface area contributed by atoms with Crippen molar-refractivity contribution in [3.05, 3.63) is 46.2 Å². The Morgan fingerprint density at radius 3 is 2.40 bits per heavy atom. The number of hydrogen-bond acceptors (Lipinski definition) is 8. The molecule has 0 unspecified atom stereocenters. The van der Waals surface area contributed by atoms with E-state index in [1.807, 2.05) is 0 Å². The number of Topliss-reactive ketones (excluding diaryl/α,β-unsaturated/α-hetero) is 2. The number of nitrogens with two attached hydrogens (primary N) is 1. The van der Waals surface area contributed by atoms with Crippen molar-refractivity contribution >= 4 is 23.2 Å². The van der Waals surface area contributed by atoms with E-state index >= 15 is 0 Å². The molecule has 4 aliphatic rings. The zero-order valence-electron chi connectivity index (χ0n) is 18.5. The summed E-state index contributed by atoms with van der Waals surface area (Å²) in [6.07, 6.45) is -0.997. The Kier molecular flexibility index (Phi) is 5.08. The molecule has 0 radical (unpaired) electrons. The highest BCUT2D eigenvalue weighted by molar-refractivity contribution is 6.24. The third-order valence-corrected chi connectivity index (χ3v) is 7.82. The normalized spacial score (nSPS) is 32.7. The summed E-state index contributed by atoms with van der Waals surface area (Å²) in [7, 11) is 0. The first-order valence-electron chi connectivity index (χ1n) is 11.3. The molecular formula is C24H24F2N2O7. The van der Waals surface area contributed by atoms with Crippen LogP contribution in [0.2, 0.25) is 0 Å². The van der Waals surface area contributed by atoms with E-state index in [1.165, 1.54) is 11.0 Å². The largest absolute Gasteiger partial charge is 0.508 e. The smallest absolute Gasteiger partial charge is 0.255 e. The van der Waals surface area contributed by atoms with Crippen molar-refractivity contribution in [1.82, 2.24) is 4.90 Å². The molecule has 6 N–H and O–H groups in total. The van der Waals surface area contributed by atoms with E-state index < -0.39 is 76.8 Å². The molecule has 5 rings (SSSR count). The van der Waals surface area contributed by atoms with Gasteiger partial charge >= 0.3 is 0 Å². The van der Waals surface area contributed by atoms with Crippen LogP contribution in [0.1, 0.15) is 30.4 Å². The lowest BCUT2D eigenvalue weighted by Crippen LogP contribution is -2.67. The third-order valence-electron chi connectivity index (χ3n) is 7.82. The lowest BCUT2D eigenvalue weighted by Gasteiger charge is -2.52. The fourth-order valence-corrected chi connectivity index (χ4v) is 6.14. The maximum Gasteiger partial charge on any atom is 0.255 e. The number of carbonyl (C=O) groups excluding carboxylic acids is 3. The van der Waals surface area contributed by atoms with Gasteiger partial charge in [0.25, 0.3) is 11.8 Å². The molecule has 3 aliphatic carbocycles. The van der Waals surface area contributed by atoms with Gasteiger partial charge in [0, 0.05) is 37.4 Å². The van der Waals surface area contributed by atoms with Crippen LogP contribution in [0.3, 0.4) is 0 Å². The van der Waals surface area contributed by atoms with Crippen molar-refractivity contribution in [2.45, 2.75) is 43.2 Å². The lowest BCUT2D eigenvalue weighted by atomic mass is 9.57. The van der Waals surface area contributed by atoms with Crippen LogP contribution in [0, 0.1) is 11.8 Å². The predicted octanol–water partition coefficient (Wildman–Crippen LogP) is 1.13. The Morgan fingerprint density at radius 1 is 1.11 bits per heavy atom. The Balaban J connectivity index is 1.67. The number of alkyl halides is 2. The minimum atomic E-state index is -2.94. The van der Waals surface area contributed by atoms with Crippen LogP contribution in [0.5, 0.6) is 5.75 Å². The van der Waals surface area contributed by atoms with Crippen LogP contribution >= 0.6 is 0 Å². The van der Waals surface area contributed by atoms with E-state index in [4.69, 9.17) is 5.73 Å². The minimum Gasteiger partial charge on any atom is -0.508 e. The molecular weight excluding hydrogens is 466 g/mol. The van der Waals surface area contributed by atoms with Gasteiger partial charge in [-0.3, -0.25) is 19.3 Å². The first-order chi connectivity index (χ1) is 16.4. The summed E-state index contributed by atoms with van der Waals surface area (Å²) in [4.78, 5) is 40.6. The number of rotatable bonds is 2. The second kappa shape index (κ2) is 7.59. The van der Waals surface area contributed by atoms with Crippen molar-refractivity contribution in [3.63, 3.8) is 0 Å². The van der Waals surface area contributed by atoms with E-state index in [0.717, 1.165) is 0 Å². The average molecular weight is 490 g/mol. The molecule has 9 nitrogen and oxygen atoms in total. The number of phenolic OH excluding ortho intramolecular Hbond substituents is 1. The molecule has 1 aromatic carbocycles. The van der Waals surface area contributed by atoms with Gasteiger partial charge in [0.2, 0.25) is 5.78 Å². The molecule has 1 heterocycles. The number of nitrogens with zero attached hydrogens (tertiary/aromatic N) is 1. The van der Waals surface area contributed by atoms with E-state index in [1.54, 1.807) is 12.1 Å². The van der Waals surface area contributed by atoms with Crippen LogP contribution in [-0.4, -0.2) is 73.5 Å². The summed E-state index contributed by atoms with van der Waals surface area (Å²) in [5.41, 5.74) is 1.89. The molecule has 0 aromatic heterocycles. The summed E-state index contributed by atoms with van der Waals surface area (Å²) in [6, 6.07) is 3.20. The van der Waals surface area contributed by atoms with Crippen molar-refractivity contribution in [2.75, 3.05) is 13.1 Å². The maximum atomic E-state index is 13.8. The summed E-state index contributed by atoms with van der Waals surface area (Å²) < 4.78 is 27.6. The number of halogens is 2. The number of likely N-dealkylation sites (tertiary alicyclic amines) is 1. The van der Waals surface area contributed by atoms with E-state index in [9.17, 15) is 43.6 Å². The predicted molar refractivity (Wildman–Crippen MR) is 116 cm³/mol. The van der Waals surface area contributed by atoms with Gasteiger partial charge in [-0.15, -0.1) is 0 Å². The Labute approximate surface area is 198 Å². The first-order valence-corrected chi connectivity index (χ1v) is 11.3. The Morgan fingerprint density at radius 2 is 1.77 bits per heavy atom. The van der Waals surface area contributed by atoms with Gasteiger partial charge in [-0.05, 0) is 30.4 Å². The van der Waals surface area contributed by atoms with Crippen molar-refractivity contribution in [3.8, 4) is 5.75 Å². The highest BCUT2D eigenvalue weighted by atomic mass is 19.3. The number of carbonyl (C=O) groups is 3. The molecule has 1 saturated carbocycles. The number of aliphatic hydroxyl groups is 3. The number of piperidine rings is 1. The zero-order chi connectivity index (χ0) is 25.4. The van der Waals surface area contributed by atoms with Crippen LogP contribution in [0.4, 0.5) is 8.78 Å². The number of aliphatic hydroxyl groups excluding tert-OH is 2. The highest BCUT2D eigenvalue weighted by Crippen LogP contribution is 2.53. The van der Waals surface area contributed by atoms with Crippen LogP contribution in [-0.2, 0) is 20.8 Å². The van der Waals surface area contributed by atoms with Crippen molar-refractivity contribution in [1.29, 1.82) is 0 Å². The first kappa shape index (κ1) is 23.4. The van der Waals surface area contributed by atoms with Gasteiger partial charge in [0.15, 0.2) is 11.4 Å². The quantitative estimate of drug-likeness (QED) is 0.386. The molecule has 2 fully saturated rings. The van der Waals surface area contributed by atoms with Gasteiger partial charge in [-0.25, -0.2) is 8.78 Å². The van der Waals surface area contributed by atoms with E-state index in [-0.39, 0.29) is 42.8 Å². The van der Waals surface area contributed by atoms with Gasteiger partial charge in [-0.2, -0.15) is 0 Å². The van der Waals surface area contributed by atoms with E-state index in [2.05, 4.69) is 0 Å². The monoisotopic (exact) mass is 490 g/mol. The van der Waals surface area contributed by atoms with E-state index in [0.29, 0.717) is 5.56 Å². The molecule has 35 heavy (non-hydrogen) atoms. The Hall–Kier alpha value is -3.31. The number of primary amides is 1. The molecule has 1 saturated heterocycles. The van der Waals surface area contributed by atoms with Gasteiger partial charge in [-0.1, -0.05) is 12.1 Å².